The molecule has 0 spiro atoms. The van der Waals surface area contributed by atoms with Crippen LogP contribution in [0.5, 0.6) is 0 Å². The molecule has 2 aliphatic heterocycles. The highest BCUT2D eigenvalue weighted by Gasteiger charge is 2.32. The average molecular weight is 471 g/mol. The number of carbonyl (C=O) groups excluding carboxylic acids is 1. The zero-order valence-electron chi connectivity index (χ0n) is 19.8. The zero-order valence-corrected chi connectivity index (χ0v) is 20.6. The second kappa shape index (κ2) is 9.73. The highest BCUT2D eigenvalue weighted by molar-refractivity contribution is 7.92. The van der Waals surface area contributed by atoms with Crippen LogP contribution in [-0.2, 0) is 16.4 Å². The van der Waals surface area contributed by atoms with Gasteiger partial charge in [0.1, 0.15) is 0 Å². The second-order valence-electron chi connectivity index (χ2n) is 9.23. The number of hydrogen-bond donors (Lipinski definition) is 1. The lowest BCUT2D eigenvalue weighted by Gasteiger charge is -2.36. The fourth-order valence-electron chi connectivity index (χ4n) is 4.91. The SMILES string of the molecule is Cc1cccc(N2CCN(CCCNC(=O)c3ccc4c(c3)CC(C)N4S(C)(=O)=O)CC2)c1. The summed E-state index contributed by atoms with van der Waals surface area (Å²) in [6.07, 6.45) is 2.75. The van der Waals surface area contributed by atoms with E-state index in [4.69, 9.17) is 0 Å². The second-order valence-corrected chi connectivity index (χ2v) is 11.1. The molecule has 0 aromatic heterocycles. The molecule has 0 radical (unpaired) electrons. The van der Waals surface area contributed by atoms with E-state index >= 15 is 0 Å². The van der Waals surface area contributed by atoms with Gasteiger partial charge in [-0.2, -0.15) is 0 Å². The summed E-state index contributed by atoms with van der Waals surface area (Å²) in [7, 11) is -3.32. The minimum Gasteiger partial charge on any atom is -0.369 e. The van der Waals surface area contributed by atoms with Crippen LogP contribution in [0.2, 0.25) is 0 Å². The largest absolute Gasteiger partial charge is 0.369 e. The Morgan fingerprint density at radius 3 is 2.55 bits per heavy atom. The van der Waals surface area contributed by atoms with Crippen LogP contribution in [0.4, 0.5) is 11.4 Å². The quantitative estimate of drug-likeness (QED) is 0.630. The number of nitrogens with zero attached hydrogens (tertiary/aromatic N) is 3. The van der Waals surface area contributed by atoms with Crippen molar-refractivity contribution in [3.05, 3.63) is 59.2 Å². The summed E-state index contributed by atoms with van der Waals surface area (Å²) in [4.78, 5) is 17.5. The predicted octanol–water partition coefficient (Wildman–Crippen LogP) is 2.65. The molecule has 7 nitrogen and oxygen atoms in total. The number of benzene rings is 2. The number of sulfonamides is 1. The molecular formula is C25H34N4O3S. The van der Waals surface area contributed by atoms with Crippen LogP contribution in [-0.4, -0.2) is 70.8 Å². The molecule has 0 aliphatic carbocycles. The van der Waals surface area contributed by atoms with Gasteiger partial charge in [0.2, 0.25) is 10.0 Å². The number of amides is 1. The first-order valence-electron chi connectivity index (χ1n) is 11.7. The van der Waals surface area contributed by atoms with Gasteiger partial charge in [-0.15, -0.1) is 0 Å². The average Bonchev–Trinajstić information content (AvgIpc) is 3.12. The number of piperazine rings is 1. The Bertz CT molecular complexity index is 1110. The van der Waals surface area contributed by atoms with Gasteiger partial charge in [-0.05, 0) is 74.7 Å². The van der Waals surface area contributed by atoms with Crippen LogP contribution in [0.3, 0.4) is 0 Å². The molecule has 8 heteroatoms. The highest BCUT2D eigenvalue weighted by Crippen LogP contribution is 2.34. The van der Waals surface area contributed by atoms with E-state index in [1.807, 2.05) is 13.0 Å². The van der Waals surface area contributed by atoms with Crippen molar-refractivity contribution in [2.24, 2.45) is 0 Å². The first kappa shape index (κ1) is 23.6. The molecule has 178 valence electrons. The fraction of sp³-hybridized carbons (Fsp3) is 0.480. The third-order valence-corrected chi connectivity index (χ3v) is 7.80. The van der Waals surface area contributed by atoms with Crippen molar-refractivity contribution in [3.8, 4) is 0 Å². The molecule has 0 saturated carbocycles. The molecule has 1 amide bonds. The lowest BCUT2D eigenvalue weighted by molar-refractivity contribution is 0.0951. The normalized spacial score (nSPS) is 18.9. The van der Waals surface area contributed by atoms with Crippen LogP contribution < -0.4 is 14.5 Å². The van der Waals surface area contributed by atoms with E-state index < -0.39 is 10.0 Å². The smallest absolute Gasteiger partial charge is 0.251 e. The van der Waals surface area contributed by atoms with Crippen molar-refractivity contribution in [1.29, 1.82) is 0 Å². The molecule has 2 aromatic carbocycles. The number of aryl methyl sites for hydroxylation is 1. The predicted molar refractivity (Wildman–Crippen MR) is 134 cm³/mol. The Hall–Kier alpha value is -2.58. The Kier molecular flexibility index (Phi) is 6.95. The molecular weight excluding hydrogens is 436 g/mol. The van der Waals surface area contributed by atoms with E-state index in [1.165, 1.54) is 21.8 Å². The van der Waals surface area contributed by atoms with Gasteiger partial charge in [0, 0.05) is 50.0 Å². The van der Waals surface area contributed by atoms with E-state index in [-0.39, 0.29) is 11.9 Å². The summed E-state index contributed by atoms with van der Waals surface area (Å²) in [6, 6.07) is 13.8. The van der Waals surface area contributed by atoms with Gasteiger partial charge in [0.25, 0.3) is 5.91 Å². The Labute approximate surface area is 197 Å². The van der Waals surface area contributed by atoms with Crippen LogP contribution >= 0.6 is 0 Å². The zero-order chi connectivity index (χ0) is 23.6. The van der Waals surface area contributed by atoms with Crippen LogP contribution in [0.1, 0.15) is 34.8 Å². The van der Waals surface area contributed by atoms with Crippen LogP contribution in [0.25, 0.3) is 0 Å². The van der Waals surface area contributed by atoms with E-state index in [1.54, 1.807) is 12.1 Å². The molecule has 0 bridgehead atoms. The summed E-state index contributed by atoms with van der Waals surface area (Å²) in [5.74, 6) is -0.104. The number of carbonyl (C=O) groups is 1. The van der Waals surface area contributed by atoms with E-state index in [0.29, 0.717) is 24.2 Å². The Morgan fingerprint density at radius 1 is 1.09 bits per heavy atom. The first-order chi connectivity index (χ1) is 15.7. The van der Waals surface area contributed by atoms with Gasteiger partial charge >= 0.3 is 0 Å². The maximum atomic E-state index is 12.6. The monoisotopic (exact) mass is 470 g/mol. The lowest BCUT2D eigenvalue weighted by Crippen LogP contribution is -2.47. The number of fused-ring (bicyclic) bond motifs is 1. The highest BCUT2D eigenvalue weighted by atomic mass is 32.2. The summed E-state index contributed by atoms with van der Waals surface area (Å²) in [5.41, 5.74) is 4.77. The Morgan fingerprint density at radius 2 is 1.85 bits per heavy atom. The van der Waals surface area contributed by atoms with E-state index in [0.717, 1.165) is 44.7 Å². The van der Waals surface area contributed by atoms with Gasteiger partial charge in [0.05, 0.1) is 11.9 Å². The summed E-state index contributed by atoms with van der Waals surface area (Å²) >= 11 is 0. The van der Waals surface area contributed by atoms with Crippen LogP contribution in [0, 0.1) is 6.92 Å². The maximum absolute atomic E-state index is 12.6. The Balaban J connectivity index is 1.22. The van der Waals surface area contributed by atoms with E-state index in [2.05, 4.69) is 46.3 Å². The fourth-order valence-corrected chi connectivity index (χ4v) is 6.17. The number of anilines is 2. The molecule has 2 aromatic rings. The van der Waals surface area contributed by atoms with Gasteiger partial charge in [-0.3, -0.25) is 14.0 Å². The minimum absolute atomic E-state index is 0.104. The molecule has 2 heterocycles. The third kappa shape index (κ3) is 5.50. The molecule has 1 atom stereocenters. The minimum atomic E-state index is -3.32. The third-order valence-electron chi connectivity index (χ3n) is 6.53. The van der Waals surface area contributed by atoms with Crippen LogP contribution in [0.15, 0.2) is 42.5 Å². The van der Waals surface area contributed by atoms with Crippen molar-refractivity contribution < 1.29 is 13.2 Å². The maximum Gasteiger partial charge on any atom is 0.251 e. The van der Waals surface area contributed by atoms with Gasteiger partial charge in [0.15, 0.2) is 0 Å². The standard InChI is InChI=1S/C25H34N4O3S/c1-19-6-4-7-23(16-19)28-14-12-27(13-15-28)11-5-10-26-25(30)21-8-9-24-22(18-21)17-20(2)29(24)33(3,31)32/h4,6-9,16,18,20H,5,10-15,17H2,1-3H3,(H,26,30). The van der Waals surface area contributed by atoms with E-state index in [9.17, 15) is 13.2 Å². The molecule has 4 rings (SSSR count). The van der Waals surface area contributed by atoms with Crippen molar-refractivity contribution in [2.45, 2.75) is 32.7 Å². The van der Waals surface area contributed by atoms with Crippen molar-refractivity contribution >= 4 is 27.3 Å². The molecule has 1 fully saturated rings. The van der Waals surface area contributed by atoms with Crippen molar-refractivity contribution in [2.75, 3.05) is 54.7 Å². The topological polar surface area (TPSA) is 73.0 Å². The molecule has 2 aliphatic rings. The van der Waals surface area contributed by atoms with Crippen molar-refractivity contribution in [3.63, 3.8) is 0 Å². The lowest BCUT2D eigenvalue weighted by atomic mass is 10.1. The number of rotatable bonds is 7. The molecule has 1 N–H and O–H groups in total. The van der Waals surface area contributed by atoms with Gasteiger partial charge < -0.3 is 10.2 Å². The van der Waals surface area contributed by atoms with Gasteiger partial charge in [-0.1, -0.05) is 12.1 Å². The molecule has 33 heavy (non-hydrogen) atoms. The molecule has 1 unspecified atom stereocenters. The van der Waals surface area contributed by atoms with Gasteiger partial charge in [-0.25, -0.2) is 8.42 Å². The van der Waals surface area contributed by atoms with Crippen molar-refractivity contribution in [1.82, 2.24) is 10.2 Å². The number of nitrogens with one attached hydrogen (secondary N) is 1. The first-order valence-corrected chi connectivity index (χ1v) is 13.5. The summed E-state index contributed by atoms with van der Waals surface area (Å²) in [5, 5.41) is 3.02. The molecule has 1 saturated heterocycles. The summed E-state index contributed by atoms with van der Waals surface area (Å²) in [6.45, 7) is 9.71. The summed E-state index contributed by atoms with van der Waals surface area (Å²) < 4.78 is 25.6. The number of hydrogen-bond acceptors (Lipinski definition) is 5.